The van der Waals surface area contributed by atoms with Gasteiger partial charge in [-0.1, -0.05) is 13.0 Å². The van der Waals surface area contributed by atoms with Gasteiger partial charge in [0, 0.05) is 59.8 Å². The highest BCUT2D eigenvalue weighted by Crippen LogP contribution is 2.33. The van der Waals surface area contributed by atoms with Gasteiger partial charge in [0.2, 0.25) is 0 Å². The number of benzene rings is 1. The molecule has 0 unspecified atom stereocenters. The molecule has 1 N–H and O–H groups in total. The maximum Gasteiger partial charge on any atom is 0.393 e. The van der Waals surface area contributed by atoms with Gasteiger partial charge in [-0.05, 0) is 55.5 Å². The van der Waals surface area contributed by atoms with Gasteiger partial charge < -0.3 is 14.6 Å². The Hall–Kier alpha value is -3.99. The van der Waals surface area contributed by atoms with Crippen molar-refractivity contribution < 1.29 is 17.9 Å². The number of nitrogens with one attached hydrogen (secondary N) is 1. The van der Waals surface area contributed by atoms with Crippen LogP contribution in [0.2, 0.25) is 0 Å². The van der Waals surface area contributed by atoms with Crippen LogP contribution in [0, 0.1) is 18.3 Å². The molecule has 46 heavy (non-hydrogen) atoms. The molecule has 1 fully saturated rings. The lowest BCUT2D eigenvalue weighted by Crippen LogP contribution is -2.39. The van der Waals surface area contributed by atoms with E-state index in [1.807, 2.05) is 23.1 Å². The van der Waals surface area contributed by atoms with Gasteiger partial charge >= 0.3 is 6.18 Å². The maximum atomic E-state index is 12.9. The predicted octanol–water partition coefficient (Wildman–Crippen LogP) is 6.68. The smallest absolute Gasteiger partial charge is 0.380 e. The summed E-state index contributed by atoms with van der Waals surface area (Å²) in [6.07, 6.45) is 2.83. The largest absolute Gasteiger partial charge is 0.393 e. The number of anilines is 1. The van der Waals surface area contributed by atoms with E-state index in [0.717, 1.165) is 73.3 Å². The van der Waals surface area contributed by atoms with Crippen LogP contribution in [-0.2, 0) is 30.8 Å². The molecule has 0 amide bonds. The van der Waals surface area contributed by atoms with E-state index in [9.17, 15) is 18.4 Å². The number of halogens is 3. The van der Waals surface area contributed by atoms with E-state index in [0.29, 0.717) is 41.4 Å². The van der Waals surface area contributed by atoms with E-state index in [1.54, 1.807) is 6.07 Å². The fourth-order valence-electron chi connectivity index (χ4n) is 6.13. The molecule has 1 aliphatic heterocycles. The molecule has 1 saturated heterocycles. The van der Waals surface area contributed by atoms with Crippen LogP contribution in [0.4, 0.5) is 19.0 Å². The van der Waals surface area contributed by atoms with E-state index < -0.39 is 12.6 Å². The Morgan fingerprint density at radius 2 is 1.93 bits per heavy atom. The normalized spacial score (nSPS) is 14.8. The van der Waals surface area contributed by atoms with Crippen molar-refractivity contribution in [2.45, 2.75) is 71.4 Å². The molecule has 9 nitrogen and oxygen atoms in total. The summed E-state index contributed by atoms with van der Waals surface area (Å²) in [6.45, 7) is 9.40. The molecule has 0 saturated carbocycles. The molecule has 0 spiro atoms. The minimum Gasteiger partial charge on any atom is -0.380 e. The number of aromatic nitrogens is 5. The maximum absolute atomic E-state index is 12.9. The summed E-state index contributed by atoms with van der Waals surface area (Å²) in [7, 11) is 0. The van der Waals surface area contributed by atoms with Crippen molar-refractivity contribution in [2.24, 2.45) is 0 Å². The quantitative estimate of drug-likeness (QED) is 0.151. The molecule has 13 heteroatoms. The van der Waals surface area contributed by atoms with Gasteiger partial charge in [0.05, 0.1) is 37.7 Å². The van der Waals surface area contributed by atoms with Crippen LogP contribution >= 0.6 is 11.3 Å². The second-order valence-electron chi connectivity index (χ2n) is 11.9. The van der Waals surface area contributed by atoms with Crippen molar-refractivity contribution in [1.29, 1.82) is 5.26 Å². The van der Waals surface area contributed by atoms with E-state index in [1.165, 1.54) is 17.5 Å². The topological polar surface area (TPSA) is 96.8 Å². The average molecular weight is 651 g/mol. The zero-order valence-corrected chi connectivity index (χ0v) is 26.8. The van der Waals surface area contributed by atoms with Crippen LogP contribution in [0.3, 0.4) is 0 Å². The van der Waals surface area contributed by atoms with Crippen LogP contribution in [0.1, 0.15) is 53.4 Å². The summed E-state index contributed by atoms with van der Waals surface area (Å²) in [5.74, 6) is 0.598. The van der Waals surface area contributed by atoms with Crippen LogP contribution < -0.4 is 5.32 Å². The van der Waals surface area contributed by atoms with Crippen molar-refractivity contribution in [1.82, 2.24) is 29.2 Å². The van der Waals surface area contributed by atoms with Crippen molar-refractivity contribution in [3.63, 3.8) is 0 Å². The van der Waals surface area contributed by atoms with E-state index in [-0.39, 0.29) is 10.9 Å². The highest BCUT2D eigenvalue weighted by molar-refractivity contribution is 7.18. The Morgan fingerprint density at radius 3 is 2.70 bits per heavy atom. The van der Waals surface area contributed by atoms with Crippen LogP contribution in [0.5, 0.6) is 0 Å². The van der Waals surface area contributed by atoms with Gasteiger partial charge in [0.25, 0.3) is 0 Å². The number of aryl methyl sites for hydroxylation is 1. The van der Waals surface area contributed by atoms with Crippen molar-refractivity contribution >= 4 is 38.3 Å². The lowest BCUT2D eigenvalue weighted by atomic mass is 10.0. The van der Waals surface area contributed by atoms with E-state index in [2.05, 4.69) is 61.9 Å². The summed E-state index contributed by atoms with van der Waals surface area (Å²) < 4.78 is 48.3. The minimum atomic E-state index is -4.26. The number of hydrogen-bond acceptors (Lipinski definition) is 8. The van der Waals surface area contributed by atoms with Crippen LogP contribution in [-0.4, -0.2) is 67.7 Å². The zero-order valence-electron chi connectivity index (χ0n) is 26.0. The van der Waals surface area contributed by atoms with Gasteiger partial charge in [0.15, 0.2) is 0 Å². The molecule has 0 atom stereocenters. The molecule has 4 aromatic heterocycles. The predicted molar refractivity (Wildman–Crippen MR) is 173 cm³/mol. The summed E-state index contributed by atoms with van der Waals surface area (Å²) in [4.78, 5) is 11.8. The van der Waals surface area contributed by atoms with Gasteiger partial charge in [-0.2, -0.15) is 23.5 Å². The lowest BCUT2D eigenvalue weighted by molar-refractivity contribution is -0.126. The molecule has 242 valence electrons. The lowest BCUT2D eigenvalue weighted by Gasteiger charge is -2.33. The number of nitrogens with zero attached hydrogens (tertiary/aromatic N) is 7. The zero-order chi connectivity index (χ0) is 32.3. The molecule has 6 rings (SSSR count). The van der Waals surface area contributed by atoms with Gasteiger partial charge in [-0.3, -0.25) is 9.58 Å². The third-order valence-electron chi connectivity index (χ3n) is 8.50. The number of piperidine rings is 1. The van der Waals surface area contributed by atoms with Crippen molar-refractivity contribution in [3.8, 4) is 6.07 Å². The first-order valence-electron chi connectivity index (χ1n) is 15.6. The molecule has 5 aromatic rings. The molecular weight excluding hydrogens is 613 g/mol. The monoisotopic (exact) mass is 650 g/mol. The van der Waals surface area contributed by atoms with Crippen molar-refractivity contribution in [3.05, 3.63) is 70.2 Å². The Kier molecular flexibility index (Phi) is 9.58. The Labute approximate surface area is 269 Å². The highest BCUT2D eigenvalue weighted by atomic mass is 32.1. The molecule has 0 radical (unpaired) electrons. The molecule has 1 aromatic carbocycles. The third-order valence-corrected chi connectivity index (χ3v) is 9.54. The number of fused-ring (bicyclic) bond motifs is 2. The van der Waals surface area contributed by atoms with Gasteiger partial charge in [-0.15, -0.1) is 11.3 Å². The first-order chi connectivity index (χ1) is 22.2. The number of hydrogen-bond donors (Lipinski definition) is 1. The van der Waals surface area contributed by atoms with Crippen LogP contribution in [0.15, 0.2) is 43.0 Å². The second-order valence-corrected chi connectivity index (χ2v) is 13.0. The summed E-state index contributed by atoms with van der Waals surface area (Å²) >= 11 is 1.07. The van der Waals surface area contributed by atoms with E-state index in [4.69, 9.17) is 4.74 Å². The molecule has 1 aliphatic rings. The third kappa shape index (κ3) is 7.35. The first kappa shape index (κ1) is 32.0. The average Bonchev–Trinajstić information content (AvgIpc) is 3.74. The number of thiophene rings is 1. The molecule has 0 bridgehead atoms. The Balaban J connectivity index is 1.09. The molecule has 0 aliphatic carbocycles. The number of alkyl halides is 3. The van der Waals surface area contributed by atoms with Gasteiger partial charge in [-0.25, -0.2) is 9.97 Å². The van der Waals surface area contributed by atoms with E-state index >= 15 is 0 Å². The Bertz CT molecular complexity index is 1850. The van der Waals surface area contributed by atoms with Gasteiger partial charge in [0.1, 0.15) is 28.7 Å². The SMILES string of the molecule is CCCOCCn1cc(Cn2c(C#N)cc3c(C)c(CN4CCC(Nc5ncnc6sc(CC(F)(F)F)cc56)CC4)ccc32)cn1. The van der Waals surface area contributed by atoms with Crippen molar-refractivity contribution in [2.75, 3.05) is 31.6 Å². The highest BCUT2D eigenvalue weighted by Gasteiger charge is 2.29. The van der Waals surface area contributed by atoms with Crippen LogP contribution in [0.25, 0.3) is 21.1 Å². The number of ether oxygens (including phenoxy) is 1. The minimum absolute atomic E-state index is 0.171. The summed E-state index contributed by atoms with van der Waals surface area (Å²) in [5.41, 5.74) is 5.09. The number of likely N-dealkylation sites (tertiary alicyclic amines) is 1. The fraction of sp³-hybridized carbons (Fsp3) is 0.455. The number of nitriles is 1. The standard InChI is InChI=1S/C33H37F3N8OS/c1-3-11-45-12-10-43-18-23(17-40-43)19-44-26(16-37)13-28-22(2)24(4-5-30(28)44)20-42-8-6-25(7-9-42)41-31-29-14-27(15-33(34,35)36)46-32(29)39-21-38-31/h4-5,13-14,17-18,21,25H,3,6-12,15,19-20H2,1-2H3,(H,38,39,41). The molecular formula is C33H37F3N8OS. The fourth-order valence-corrected chi connectivity index (χ4v) is 7.15. The first-order valence-corrected chi connectivity index (χ1v) is 16.4. The molecule has 5 heterocycles. The summed E-state index contributed by atoms with van der Waals surface area (Å²) in [6, 6.07) is 10.4. The second kappa shape index (κ2) is 13.8. The summed E-state index contributed by atoms with van der Waals surface area (Å²) in [5, 5.41) is 19.6. The Morgan fingerprint density at radius 1 is 1.11 bits per heavy atom. The number of rotatable bonds is 12.